The van der Waals surface area contributed by atoms with E-state index in [9.17, 15) is 14.4 Å². The molecule has 0 aliphatic carbocycles. The van der Waals surface area contributed by atoms with Gasteiger partial charge in [-0.3, -0.25) is 14.4 Å². The summed E-state index contributed by atoms with van der Waals surface area (Å²) in [5.74, 6) is -0.968. The van der Waals surface area contributed by atoms with Crippen LogP contribution in [0.3, 0.4) is 0 Å². The molecule has 0 aromatic carbocycles. The molecule has 1 atom stereocenters. The van der Waals surface area contributed by atoms with Gasteiger partial charge in [0.05, 0.1) is 0 Å². The fourth-order valence-electron chi connectivity index (χ4n) is 6.78. The molecule has 0 spiro atoms. The highest BCUT2D eigenvalue weighted by Gasteiger charge is 2.19. The number of esters is 3. The monoisotopic (exact) mass is 875 g/mol. The van der Waals surface area contributed by atoms with Crippen LogP contribution in [0.2, 0.25) is 0 Å². The van der Waals surface area contributed by atoms with Crippen molar-refractivity contribution in [3.8, 4) is 0 Å². The Morgan fingerprint density at radius 2 is 0.619 bits per heavy atom. The minimum absolute atomic E-state index is 0.103. The molecule has 0 rings (SSSR count). The van der Waals surface area contributed by atoms with Gasteiger partial charge in [-0.25, -0.2) is 0 Å². The molecule has 0 radical (unpaired) electrons. The second-order valence-corrected chi connectivity index (χ2v) is 16.7. The van der Waals surface area contributed by atoms with Gasteiger partial charge in [0.25, 0.3) is 0 Å². The number of rotatable bonds is 45. The van der Waals surface area contributed by atoms with Crippen molar-refractivity contribution in [2.75, 3.05) is 13.2 Å². The smallest absolute Gasteiger partial charge is 0.306 e. The molecule has 0 fully saturated rings. The summed E-state index contributed by atoms with van der Waals surface area (Å²) in [6.07, 6.45) is 66.7. The van der Waals surface area contributed by atoms with E-state index in [2.05, 4.69) is 118 Å². The molecule has 0 N–H and O–H groups in total. The highest BCUT2D eigenvalue weighted by Crippen LogP contribution is 2.14. The van der Waals surface area contributed by atoms with Gasteiger partial charge in [0, 0.05) is 19.3 Å². The van der Waals surface area contributed by atoms with Crippen molar-refractivity contribution in [2.24, 2.45) is 0 Å². The van der Waals surface area contributed by atoms with Gasteiger partial charge in [-0.2, -0.15) is 0 Å². The van der Waals surface area contributed by atoms with Crippen LogP contribution in [-0.2, 0) is 28.6 Å². The van der Waals surface area contributed by atoms with E-state index in [0.717, 1.165) is 122 Å². The minimum atomic E-state index is -0.803. The summed E-state index contributed by atoms with van der Waals surface area (Å²) in [6.45, 7) is 6.34. The summed E-state index contributed by atoms with van der Waals surface area (Å²) >= 11 is 0. The third-order valence-corrected chi connectivity index (χ3v) is 10.6. The van der Waals surface area contributed by atoms with Crippen LogP contribution in [-0.4, -0.2) is 37.2 Å². The Hall–Kier alpha value is -3.67. The molecule has 0 bridgehead atoms. The van der Waals surface area contributed by atoms with Gasteiger partial charge in [0.1, 0.15) is 13.2 Å². The molecule has 0 amide bonds. The summed E-state index contributed by atoms with van der Waals surface area (Å²) in [7, 11) is 0. The van der Waals surface area contributed by atoms with Crippen molar-refractivity contribution in [1.82, 2.24) is 0 Å². The fourth-order valence-corrected chi connectivity index (χ4v) is 6.78. The Morgan fingerprint density at radius 1 is 0.333 bits per heavy atom. The molecule has 0 aliphatic rings. The van der Waals surface area contributed by atoms with E-state index in [0.29, 0.717) is 19.3 Å². The molecule has 0 saturated carbocycles. The standard InChI is InChI=1S/C57H94O6/c1-4-7-10-13-16-19-22-25-27-28-30-33-35-38-41-44-47-50-56(59)62-53-54(63-57(60)51-48-45-42-39-36-31-24-21-18-15-12-9-6-3)52-61-55(58)49-46-43-40-37-34-32-29-26-23-20-17-14-11-8-5-2/h7-8,10-11,16-17,19-20,25-27,29-30,33-34,37,54H,4-6,9,12-15,18,21-24,28,31-32,35-36,38-53H2,1-3H3/b10-7-,11-8-,19-16-,20-17-,27-25-,29-26-,33-30-,37-34-/t54-/m0/s1. The fraction of sp³-hybridized carbons (Fsp3) is 0.667. The van der Waals surface area contributed by atoms with E-state index < -0.39 is 6.10 Å². The van der Waals surface area contributed by atoms with E-state index >= 15 is 0 Å². The van der Waals surface area contributed by atoms with Crippen LogP contribution in [0.4, 0.5) is 0 Å². The van der Waals surface area contributed by atoms with E-state index in [4.69, 9.17) is 14.2 Å². The van der Waals surface area contributed by atoms with E-state index in [-0.39, 0.29) is 31.1 Å². The average Bonchev–Trinajstić information content (AvgIpc) is 3.28. The lowest BCUT2D eigenvalue weighted by atomic mass is 10.0. The molecule has 6 heteroatoms. The van der Waals surface area contributed by atoms with Gasteiger partial charge in [0.15, 0.2) is 6.10 Å². The molecule has 0 aromatic heterocycles. The van der Waals surface area contributed by atoms with Crippen LogP contribution in [0.25, 0.3) is 0 Å². The van der Waals surface area contributed by atoms with Crippen molar-refractivity contribution < 1.29 is 28.6 Å². The first-order valence-electron chi connectivity index (χ1n) is 25.7. The van der Waals surface area contributed by atoms with Crippen molar-refractivity contribution in [2.45, 2.75) is 232 Å². The second kappa shape index (κ2) is 51.0. The maximum Gasteiger partial charge on any atom is 0.306 e. The van der Waals surface area contributed by atoms with Crippen LogP contribution in [0.1, 0.15) is 226 Å². The number of carbonyl (C=O) groups is 3. The minimum Gasteiger partial charge on any atom is -0.462 e. The molecule has 0 heterocycles. The summed E-state index contributed by atoms with van der Waals surface area (Å²) in [4.78, 5) is 38.0. The Morgan fingerprint density at radius 3 is 1.00 bits per heavy atom. The second-order valence-electron chi connectivity index (χ2n) is 16.7. The SMILES string of the molecule is CC/C=C\C/C=C\C/C=C\C/C=C\CCCCCCC(=O)OC[C@H](COC(=O)CCCC/C=C\C/C=C\C/C=C\C/C=C\CC)OC(=O)CCCCCCCCCCCCCCC. The van der Waals surface area contributed by atoms with Gasteiger partial charge in [-0.1, -0.05) is 208 Å². The number of carbonyl (C=O) groups excluding carboxylic acids is 3. The predicted molar refractivity (Wildman–Crippen MR) is 270 cm³/mol. The van der Waals surface area contributed by atoms with Crippen molar-refractivity contribution in [3.05, 3.63) is 97.2 Å². The van der Waals surface area contributed by atoms with Crippen LogP contribution >= 0.6 is 0 Å². The zero-order valence-electron chi connectivity index (χ0n) is 40.8. The molecule has 0 aliphatic heterocycles. The number of hydrogen-bond acceptors (Lipinski definition) is 6. The Kier molecular flexibility index (Phi) is 48.0. The number of unbranched alkanes of at least 4 members (excludes halogenated alkanes) is 18. The third-order valence-electron chi connectivity index (χ3n) is 10.6. The maximum atomic E-state index is 12.8. The van der Waals surface area contributed by atoms with Crippen LogP contribution < -0.4 is 0 Å². The number of allylic oxidation sites excluding steroid dienone is 16. The molecule has 63 heavy (non-hydrogen) atoms. The van der Waals surface area contributed by atoms with Crippen molar-refractivity contribution >= 4 is 17.9 Å². The summed E-state index contributed by atoms with van der Waals surface area (Å²) < 4.78 is 16.7. The van der Waals surface area contributed by atoms with Gasteiger partial charge in [0.2, 0.25) is 0 Å². The zero-order valence-corrected chi connectivity index (χ0v) is 40.8. The van der Waals surface area contributed by atoms with Crippen molar-refractivity contribution in [3.63, 3.8) is 0 Å². The summed E-state index contributed by atoms with van der Waals surface area (Å²) in [5, 5.41) is 0. The number of ether oxygens (including phenoxy) is 3. The van der Waals surface area contributed by atoms with Crippen molar-refractivity contribution in [1.29, 1.82) is 0 Å². The molecule has 0 aromatic rings. The molecule has 6 nitrogen and oxygen atoms in total. The predicted octanol–water partition coefficient (Wildman–Crippen LogP) is 17.0. The van der Waals surface area contributed by atoms with E-state index in [1.165, 1.54) is 64.2 Å². The highest BCUT2D eigenvalue weighted by molar-refractivity contribution is 5.71. The quantitative estimate of drug-likeness (QED) is 0.0262. The topological polar surface area (TPSA) is 78.9 Å². The van der Waals surface area contributed by atoms with Crippen LogP contribution in [0.5, 0.6) is 0 Å². The van der Waals surface area contributed by atoms with Gasteiger partial charge >= 0.3 is 17.9 Å². The zero-order chi connectivity index (χ0) is 45.8. The Balaban J connectivity index is 4.49. The molecule has 0 saturated heterocycles. The maximum absolute atomic E-state index is 12.8. The summed E-state index contributed by atoms with van der Waals surface area (Å²) in [6, 6.07) is 0. The van der Waals surface area contributed by atoms with Gasteiger partial charge in [-0.15, -0.1) is 0 Å². The lowest BCUT2D eigenvalue weighted by Gasteiger charge is -2.18. The Labute approximate surface area is 387 Å². The van der Waals surface area contributed by atoms with E-state index in [1.807, 2.05) is 0 Å². The first-order chi connectivity index (χ1) is 31.0. The van der Waals surface area contributed by atoms with E-state index in [1.54, 1.807) is 0 Å². The molecular formula is C57H94O6. The normalized spacial score (nSPS) is 12.9. The number of hydrogen-bond donors (Lipinski definition) is 0. The van der Waals surface area contributed by atoms with Crippen LogP contribution in [0, 0.1) is 0 Å². The van der Waals surface area contributed by atoms with Gasteiger partial charge < -0.3 is 14.2 Å². The summed E-state index contributed by atoms with van der Waals surface area (Å²) in [5.41, 5.74) is 0. The first-order valence-corrected chi connectivity index (χ1v) is 25.7. The first kappa shape index (κ1) is 59.3. The highest BCUT2D eigenvalue weighted by atomic mass is 16.6. The third kappa shape index (κ3) is 49.2. The van der Waals surface area contributed by atoms with Crippen LogP contribution in [0.15, 0.2) is 97.2 Å². The molecule has 0 unspecified atom stereocenters. The average molecular weight is 875 g/mol. The molecular weight excluding hydrogens is 781 g/mol. The lowest BCUT2D eigenvalue weighted by molar-refractivity contribution is -0.167. The Bertz CT molecular complexity index is 1280. The van der Waals surface area contributed by atoms with Gasteiger partial charge in [-0.05, 0) is 96.3 Å². The lowest BCUT2D eigenvalue weighted by Crippen LogP contribution is -2.30. The molecule has 358 valence electrons. The largest absolute Gasteiger partial charge is 0.462 e.